The Morgan fingerprint density at radius 1 is 1.44 bits per heavy atom. The van der Waals surface area contributed by atoms with Crippen molar-refractivity contribution in [1.29, 1.82) is 0 Å². The molecule has 16 heavy (non-hydrogen) atoms. The monoisotopic (exact) mass is 269 g/mol. The van der Waals surface area contributed by atoms with Gasteiger partial charge in [0, 0.05) is 18.6 Å². The first-order chi connectivity index (χ1) is 6.66. The van der Waals surface area contributed by atoms with Crippen LogP contribution in [0.25, 0.3) is 0 Å². The molecule has 1 amide bonds. The molecule has 0 aromatic rings. The molecule has 96 valence electrons. The lowest BCUT2D eigenvalue weighted by Gasteiger charge is -2.28. The first-order valence-corrected chi connectivity index (χ1v) is 5.41. The Kier molecular flexibility index (Phi) is 6.63. The zero-order valence-electron chi connectivity index (χ0n) is 9.52. The number of halogens is 2. The van der Waals surface area contributed by atoms with Crippen LogP contribution in [0.4, 0.5) is 0 Å². The largest absolute Gasteiger partial charge is 0.351 e. The van der Waals surface area contributed by atoms with Gasteiger partial charge in [0.15, 0.2) is 0 Å². The molecular weight excluding hydrogens is 249 g/mol. The van der Waals surface area contributed by atoms with Crippen molar-refractivity contribution in [2.45, 2.75) is 31.3 Å². The fraction of sp³-hybridized carbons (Fsp3) is 0.900. The van der Waals surface area contributed by atoms with E-state index in [4.69, 9.17) is 5.73 Å². The van der Waals surface area contributed by atoms with E-state index in [1.165, 1.54) is 0 Å². The van der Waals surface area contributed by atoms with E-state index in [0.717, 1.165) is 32.4 Å². The lowest BCUT2D eigenvalue weighted by Crippen LogP contribution is -2.42. The molecule has 0 aromatic carbocycles. The molecule has 1 saturated carbocycles. The smallest absolute Gasteiger partial charge is 0.224 e. The fourth-order valence-corrected chi connectivity index (χ4v) is 2.06. The summed E-state index contributed by atoms with van der Waals surface area (Å²) in [6, 6.07) is 0.468. The molecule has 2 aliphatic rings. The van der Waals surface area contributed by atoms with Crippen molar-refractivity contribution in [2.24, 2.45) is 11.7 Å². The molecule has 1 saturated heterocycles. The predicted octanol–water partition coefficient (Wildman–Crippen LogP) is 0.388. The fourth-order valence-electron chi connectivity index (χ4n) is 2.06. The number of hydrogen-bond donors (Lipinski definition) is 2. The van der Waals surface area contributed by atoms with Crippen LogP contribution >= 0.6 is 24.8 Å². The summed E-state index contributed by atoms with van der Waals surface area (Å²) in [5.74, 6) is 0.385. The van der Waals surface area contributed by atoms with E-state index in [1.807, 2.05) is 0 Å². The van der Waals surface area contributed by atoms with E-state index in [2.05, 4.69) is 17.3 Å². The summed E-state index contributed by atoms with van der Waals surface area (Å²) in [4.78, 5) is 14.0. The average molecular weight is 270 g/mol. The second-order valence-corrected chi connectivity index (χ2v) is 4.62. The van der Waals surface area contributed by atoms with Gasteiger partial charge < -0.3 is 16.0 Å². The third-order valence-electron chi connectivity index (χ3n) is 3.16. The number of rotatable bonds is 2. The quantitative estimate of drug-likeness (QED) is 0.763. The summed E-state index contributed by atoms with van der Waals surface area (Å²) in [6.45, 7) is 2.01. The van der Waals surface area contributed by atoms with Crippen molar-refractivity contribution in [3.63, 3.8) is 0 Å². The minimum Gasteiger partial charge on any atom is -0.351 e. The number of nitrogens with zero attached hydrogens (tertiary/aromatic N) is 1. The lowest BCUT2D eigenvalue weighted by atomic mass is 9.97. The van der Waals surface area contributed by atoms with E-state index in [-0.39, 0.29) is 48.7 Å². The van der Waals surface area contributed by atoms with Crippen LogP contribution in [-0.4, -0.2) is 43.0 Å². The molecule has 0 spiro atoms. The second-order valence-electron chi connectivity index (χ2n) is 4.62. The first kappa shape index (κ1) is 16.0. The maximum Gasteiger partial charge on any atom is 0.224 e. The van der Waals surface area contributed by atoms with Gasteiger partial charge in [-0.05, 0) is 32.9 Å². The first-order valence-electron chi connectivity index (χ1n) is 5.41. The summed E-state index contributed by atoms with van der Waals surface area (Å²) < 4.78 is 0. The Hall–Kier alpha value is -0.0300. The SMILES string of the molecule is CN1CCCC(C(=O)NC2CC2N)C1.Cl.Cl. The van der Waals surface area contributed by atoms with Gasteiger partial charge in [-0.25, -0.2) is 0 Å². The molecule has 2 fully saturated rings. The molecular formula is C10H21Cl2N3O. The van der Waals surface area contributed by atoms with E-state index >= 15 is 0 Å². The molecule has 3 unspecified atom stereocenters. The number of nitrogens with two attached hydrogens (primary N) is 1. The maximum absolute atomic E-state index is 11.7. The number of nitrogens with one attached hydrogen (secondary N) is 1. The lowest BCUT2D eigenvalue weighted by molar-refractivity contribution is -0.126. The molecule has 2 rings (SSSR count). The Labute approximate surface area is 109 Å². The van der Waals surface area contributed by atoms with Gasteiger partial charge in [0.25, 0.3) is 0 Å². The van der Waals surface area contributed by atoms with Gasteiger partial charge in [0.1, 0.15) is 0 Å². The van der Waals surface area contributed by atoms with Crippen LogP contribution in [0, 0.1) is 5.92 Å². The number of likely N-dealkylation sites (tertiary alicyclic amines) is 1. The highest BCUT2D eigenvalue weighted by atomic mass is 35.5. The predicted molar refractivity (Wildman–Crippen MR) is 69.2 cm³/mol. The van der Waals surface area contributed by atoms with Crippen molar-refractivity contribution >= 4 is 30.7 Å². The number of piperidine rings is 1. The average Bonchev–Trinajstić information content (AvgIpc) is 2.81. The molecule has 0 radical (unpaired) electrons. The Balaban J connectivity index is 0.00000112. The molecule has 3 N–H and O–H groups in total. The minimum absolute atomic E-state index is 0. The van der Waals surface area contributed by atoms with Crippen LogP contribution in [0.3, 0.4) is 0 Å². The molecule has 1 heterocycles. The van der Waals surface area contributed by atoms with Gasteiger partial charge in [-0.15, -0.1) is 24.8 Å². The summed E-state index contributed by atoms with van der Waals surface area (Å²) in [5.41, 5.74) is 5.65. The molecule has 3 atom stereocenters. The van der Waals surface area contributed by atoms with Gasteiger partial charge in [0.2, 0.25) is 5.91 Å². The number of carbonyl (C=O) groups is 1. The van der Waals surface area contributed by atoms with Gasteiger partial charge in [-0.3, -0.25) is 4.79 Å². The highest BCUT2D eigenvalue weighted by Gasteiger charge is 2.36. The molecule has 4 nitrogen and oxygen atoms in total. The highest BCUT2D eigenvalue weighted by Crippen LogP contribution is 2.20. The van der Waals surface area contributed by atoms with Crippen LogP contribution in [0.1, 0.15) is 19.3 Å². The van der Waals surface area contributed by atoms with Crippen LogP contribution in [-0.2, 0) is 4.79 Å². The molecule has 0 aromatic heterocycles. The third kappa shape index (κ3) is 4.09. The van der Waals surface area contributed by atoms with E-state index in [9.17, 15) is 4.79 Å². The van der Waals surface area contributed by atoms with Crippen molar-refractivity contribution in [3.05, 3.63) is 0 Å². The van der Waals surface area contributed by atoms with Crippen molar-refractivity contribution in [2.75, 3.05) is 20.1 Å². The number of carbonyl (C=O) groups excluding carboxylic acids is 1. The van der Waals surface area contributed by atoms with Crippen molar-refractivity contribution < 1.29 is 4.79 Å². The molecule has 1 aliphatic carbocycles. The second kappa shape index (κ2) is 6.64. The van der Waals surface area contributed by atoms with Crippen LogP contribution < -0.4 is 11.1 Å². The standard InChI is InChI=1S/C10H19N3O.2ClH/c1-13-4-2-3-7(6-13)10(14)12-9-5-8(9)11;;/h7-9H,2-6,11H2,1H3,(H,12,14);2*1H. The summed E-state index contributed by atoms with van der Waals surface area (Å²) in [7, 11) is 2.07. The molecule has 6 heteroatoms. The van der Waals surface area contributed by atoms with Gasteiger partial charge in [0.05, 0.1) is 5.92 Å². The number of amides is 1. The van der Waals surface area contributed by atoms with Gasteiger partial charge in [-0.2, -0.15) is 0 Å². The van der Waals surface area contributed by atoms with Crippen LogP contribution in [0.2, 0.25) is 0 Å². The zero-order chi connectivity index (χ0) is 10.1. The summed E-state index contributed by atoms with van der Waals surface area (Å²) in [5, 5.41) is 3.00. The van der Waals surface area contributed by atoms with Crippen LogP contribution in [0.5, 0.6) is 0 Å². The van der Waals surface area contributed by atoms with Gasteiger partial charge in [-0.1, -0.05) is 0 Å². The van der Waals surface area contributed by atoms with Crippen molar-refractivity contribution in [3.8, 4) is 0 Å². The van der Waals surface area contributed by atoms with E-state index in [0.29, 0.717) is 0 Å². The highest BCUT2D eigenvalue weighted by molar-refractivity contribution is 5.85. The summed E-state index contributed by atoms with van der Waals surface area (Å²) in [6.07, 6.45) is 3.11. The Morgan fingerprint density at radius 2 is 2.06 bits per heavy atom. The molecule has 1 aliphatic heterocycles. The molecule has 0 bridgehead atoms. The van der Waals surface area contributed by atoms with Gasteiger partial charge >= 0.3 is 0 Å². The third-order valence-corrected chi connectivity index (χ3v) is 3.16. The maximum atomic E-state index is 11.7. The number of hydrogen-bond acceptors (Lipinski definition) is 3. The zero-order valence-corrected chi connectivity index (χ0v) is 11.1. The van der Waals surface area contributed by atoms with E-state index < -0.39 is 0 Å². The minimum atomic E-state index is 0. The topological polar surface area (TPSA) is 58.4 Å². The van der Waals surface area contributed by atoms with E-state index in [1.54, 1.807) is 0 Å². The Bertz CT molecular complexity index is 240. The Morgan fingerprint density at radius 3 is 2.56 bits per heavy atom. The summed E-state index contributed by atoms with van der Waals surface area (Å²) >= 11 is 0. The van der Waals surface area contributed by atoms with Crippen molar-refractivity contribution in [1.82, 2.24) is 10.2 Å². The normalized spacial score (nSPS) is 33.2. The van der Waals surface area contributed by atoms with Crippen LogP contribution in [0.15, 0.2) is 0 Å².